The van der Waals surface area contributed by atoms with Crippen molar-refractivity contribution in [1.82, 2.24) is 24.6 Å². The molecule has 8 heteroatoms. The zero-order valence-electron chi connectivity index (χ0n) is 17.5. The molecule has 0 aliphatic carbocycles. The molecule has 164 valence electrons. The minimum absolute atomic E-state index is 0.268. The van der Waals surface area contributed by atoms with E-state index in [1.807, 2.05) is 60.7 Å². The Hall–Kier alpha value is -4.00. The van der Waals surface area contributed by atoms with Crippen molar-refractivity contribution in [3.8, 4) is 33.8 Å². The van der Waals surface area contributed by atoms with Gasteiger partial charge >= 0.3 is 0 Å². The summed E-state index contributed by atoms with van der Waals surface area (Å²) in [6.07, 6.45) is 0. The number of nitrogens with zero attached hydrogens (tertiary/aromatic N) is 4. The molecule has 0 fully saturated rings. The summed E-state index contributed by atoms with van der Waals surface area (Å²) in [5.41, 5.74) is 4.00. The third kappa shape index (κ3) is 3.44. The first-order valence-corrected chi connectivity index (χ1v) is 11.2. The van der Waals surface area contributed by atoms with E-state index in [-0.39, 0.29) is 5.56 Å². The highest BCUT2D eigenvalue weighted by molar-refractivity contribution is 6.31. The van der Waals surface area contributed by atoms with Crippen LogP contribution >= 0.6 is 23.2 Å². The van der Waals surface area contributed by atoms with E-state index < -0.39 is 0 Å². The minimum atomic E-state index is -0.268. The lowest BCUT2D eigenvalue weighted by atomic mass is 10.0. The average Bonchev–Trinajstić information content (AvgIpc) is 3.29. The number of pyridine rings is 1. The molecule has 0 radical (unpaired) electrons. The molecule has 1 N–H and O–H groups in total. The lowest BCUT2D eigenvalue weighted by Crippen LogP contribution is -2.17. The van der Waals surface area contributed by atoms with Gasteiger partial charge in [0.2, 0.25) is 5.78 Å². The van der Waals surface area contributed by atoms with Gasteiger partial charge in [0.1, 0.15) is 0 Å². The number of H-pyrrole nitrogens is 1. The fraction of sp³-hybridized carbons (Fsp3) is 0. The Morgan fingerprint density at radius 3 is 2.06 bits per heavy atom. The highest BCUT2D eigenvalue weighted by atomic mass is 35.5. The molecule has 6 nitrogen and oxygen atoms in total. The normalized spacial score (nSPS) is 11.4. The Morgan fingerprint density at radius 2 is 1.38 bits per heavy atom. The molecule has 3 aromatic carbocycles. The summed E-state index contributed by atoms with van der Waals surface area (Å²) in [6, 6.07) is 26.2. The molecule has 0 atom stereocenters. The molecule has 34 heavy (non-hydrogen) atoms. The Bertz CT molecular complexity index is 1720. The van der Waals surface area contributed by atoms with Crippen LogP contribution in [0.25, 0.3) is 50.6 Å². The highest BCUT2D eigenvalue weighted by Gasteiger charge is 2.19. The molecule has 0 saturated heterocycles. The molecule has 0 saturated carbocycles. The summed E-state index contributed by atoms with van der Waals surface area (Å²) in [7, 11) is 0. The lowest BCUT2D eigenvalue weighted by molar-refractivity contribution is 1.08. The van der Waals surface area contributed by atoms with E-state index in [9.17, 15) is 4.79 Å². The molecule has 3 aromatic heterocycles. The van der Waals surface area contributed by atoms with Gasteiger partial charge < -0.3 is 0 Å². The Balaban J connectivity index is 1.70. The number of benzene rings is 3. The van der Waals surface area contributed by atoms with Gasteiger partial charge in [0, 0.05) is 26.7 Å². The van der Waals surface area contributed by atoms with E-state index in [0.29, 0.717) is 38.4 Å². The van der Waals surface area contributed by atoms with E-state index in [1.54, 1.807) is 24.3 Å². The summed E-state index contributed by atoms with van der Waals surface area (Å²) in [4.78, 5) is 23.3. The van der Waals surface area contributed by atoms with Crippen molar-refractivity contribution < 1.29 is 0 Å². The molecular weight excluding hydrogens is 469 g/mol. The van der Waals surface area contributed by atoms with Crippen LogP contribution in [0.15, 0.2) is 89.7 Å². The van der Waals surface area contributed by atoms with Crippen LogP contribution in [0.1, 0.15) is 0 Å². The standard InChI is InChI=1S/C26H15Cl2N5O/c27-18-10-6-15(7-11-18)20-14-21(16-4-2-1-3-5-16)29-23-22(20)25(34)33-24(31-32-26(33)30-23)17-8-12-19(28)13-9-17/h1-14H,(H,29,30,32). The van der Waals surface area contributed by atoms with E-state index >= 15 is 0 Å². The average molecular weight is 484 g/mol. The van der Waals surface area contributed by atoms with Gasteiger partial charge in [-0.3, -0.25) is 4.79 Å². The number of aromatic amines is 1. The summed E-state index contributed by atoms with van der Waals surface area (Å²) >= 11 is 12.2. The van der Waals surface area contributed by atoms with Crippen molar-refractivity contribution in [2.75, 3.05) is 0 Å². The second-order valence-electron chi connectivity index (χ2n) is 7.76. The number of rotatable bonds is 3. The first-order valence-electron chi connectivity index (χ1n) is 10.5. The third-order valence-electron chi connectivity index (χ3n) is 5.64. The summed E-state index contributed by atoms with van der Waals surface area (Å²) in [5.74, 6) is 0.752. The fourth-order valence-electron chi connectivity index (χ4n) is 4.01. The van der Waals surface area contributed by atoms with E-state index in [4.69, 9.17) is 28.2 Å². The van der Waals surface area contributed by atoms with Gasteiger partial charge in [-0.1, -0.05) is 65.7 Å². The van der Waals surface area contributed by atoms with Gasteiger partial charge in [-0.05, 0) is 48.0 Å². The van der Waals surface area contributed by atoms with Crippen LogP contribution in [0.2, 0.25) is 10.0 Å². The summed E-state index contributed by atoms with van der Waals surface area (Å²) < 4.78 is 1.47. The molecule has 0 amide bonds. The van der Waals surface area contributed by atoms with Crippen LogP contribution in [-0.2, 0) is 0 Å². The number of aromatic nitrogens is 5. The van der Waals surface area contributed by atoms with Gasteiger partial charge in [-0.2, -0.15) is 10.1 Å². The number of nitrogens with one attached hydrogen (secondary N) is 1. The quantitative estimate of drug-likeness (QED) is 0.321. The minimum Gasteiger partial charge on any atom is -0.268 e. The summed E-state index contributed by atoms with van der Waals surface area (Å²) in [5, 5.41) is 8.84. The van der Waals surface area contributed by atoms with Gasteiger partial charge in [-0.25, -0.2) is 14.5 Å². The molecule has 0 spiro atoms. The molecular formula is C26H15Cl2N5O. The van der Waals surface area contributed by atoms with Crippen LogP contribution in [-0.4, -0.2) is 24.6 Å². The van der Waals surface area contributed by atoms with Gasteiger partial charge in [0.25, 0.3) is 5.56 Å². The molecule has 6 rings (SSSR count). The van der Waals surface area contributed by atoms with Crippen LogP contribution < -0.4 is 5.56 Å². The second kappa shape index (κ2) is 8.09. The Kier molecular flexibility index (Phi) is 4.90. The van der Waals surface area contributed by atoms with E-state index in [0.717, 1.165) is 22.3 Å². The SMILES string of the molecule is O=c1c2c(-c3ccc(Cl)cc3)cc(-c3ccccc3)nc2nc2[nH]nc(-c3ccc(Cl)cc3)n12. The zero-order chi connectivity index (χ0) is 23.2. The highest BCUT2D eigenvalue weighted by Crippen LogP contribution is 2.31. The molecule has 0 aliphatic heterocycles. The maximum Gasteiger partial charge on any atom is 0.270 e. The zero-order valence-corrected chi connectivity index (χ0v) is 19.0. The van der Waals surface area contributed by atoms with E-state index in [1.165, 1.54) is 4.40 Å². The van der Waals surface area contributed by atoms with Gasteiger partial charge in [0.15, 0.2) is 11.5 Å². The van der Waals surface area contributed by atoms with Crippen molar-refractivity contribution in [1.29, 1.82) is 0 Å². The van der Waals surface area contributed by atoms with Gasteiger partial charge in [0.05, 0.1) is 11.1 Å². The number of hydrogen-bond acceptors (Lipinski definition) is 4. The maximum absolute atomic E-state index is 13.9. The fourth-order valence-corrected chi connectivity index (χ4v) is 4.26. The topological polar surface area (TPSA) is 75.9 Å². The van der Waals surface area contributed by atoms with Crippen molar-refractivity contribution in [3.63, 3.8) is 0 Å². The molecule has 0 bridgehead atoms. The maximum atomic E-state index is 13.9. The molecule has 0 aliphatic rings. The predicted octanol–water partition coefficient (Wildman–Crippen LogP) is 6.27. The smallest absolute Gasteiger partial charge is 0.268 e. The van der Waals surface area contributed by atoms with Crippen molar-refractivity contribution in [3.05, 3.63) is 105 Å². The molecule has 3 heterocycles. The first kappa shape index (κ1) is 20.6. The number of halogens is 2. The van der Waals surface area contributed by atoms with Crippen molar-refractivity contribution >= 4 is 40.0 Å². The van der Waals surface area contributed by atoms with Crippen LogP contribution in [0.3, 0.4) is 0 Å². The third-order valence-corrected chi connectivity index (χ3v) is 6.15. The Morgan fingerprint density at radius 1 is 0.735 bits per heavy atom. The van der Waals surface area contributed by atoms with Crippen LogP contribution in [0, 0.1) is 0 Å². The largest absolute Gasteiger partial charge is 0.270 e. The van der Waals surface area contributed by atoms with Crippen molar-refractivity contribution in [2.24, 2.45) is 0 Å². The summed E-state index contributed by atoms with van der Waals surface area (Å²) in [6.45, 7) is 0. The van der Waals surface area contributed by atoms with Crippen molar-refractivity contribution in [2.45, 2.75) is 0 Å². The monoisotopic (exact) mass is 483 g/mol. The first-order chi connectivity index (χ1) is 16.6. The van der Waals surface area contributed by atoms with Crippen LogP contribution in [0.4, 0.5) is 0 Å². The van der Waals surface area contributed by atoms with E-state index in [2.05, 4.69) is 15.2 Å². The Labute approximate surface area is 203 Å². The van der Waals surface area contributed by atoms with Gasteiger partial charge in [-0.15, -0.1) is 0 Å². The number of fused-ring (bicyclic) bond motifs is 2. The molecule has 6 aromatic rings. The second-order valence-corrected chi connectivity index (χ2v) is 8.63. The lowest BCUT2D eigenvalue weighted by Gasteiger charge is -2.10. The number of hydrogen-bond donors (Lipinski definition) is 1. The predicted molar refractivity (Wildman–Crippen MR) is 135 cm³/mol. The molecule has 0 unspecified atom stereocenters. The van der Waals surface area contributed by atoms with Crippen LogP contribution in [0.5, 0.6) is 0 Å².